The van der Waals surface area contributed by atoms with Crippen LogP contribution in [0.2, 0.25) is 0 Å². The van der Waals surface area contributed by atoms with E-state index in [1.165, 1.54) is 12.1 Å². The summed E-state index contributed by atoms with van der Waals surface area (Å²) in [6.45, 7) is 1.40. The van der Waals surface area contributed by atoms with E-state index in [2.05, 4.69) is 5.10 Å². The second-order valence-electron chi connectivity index (χ2n) is 7.06. The van der Waals surface area contributed by atoms with Crippen LogP contribution in [-0.4, -0.2) is 58.3 Å². The van der Waals surface area contributed by atoms with E-state index >= 15 is 0 Å². The van der Waals surface area contributed by atoms with Crippen LogP contribution in [0.4, 0.5) is 10.1 Å². The Labute approximate surface area is 156 Å². The summed E-state index contributed by atoms with van der Waals surface area (Å²) < 4.78 is 21.0. The number of aryl methyl sites for hydroxylation is 1. The van der Waals surface area contributed by atoms with E-state index in [1.54, 1.807) is 45.9 Å². The molecule has 0 unspecified atom stereocenters. The van der Waals surface area contributed by atoms with Gasteiger partial charge in [-0.1, -0.05) is 6.07 Å². The Hall–Kier alpha value is -2.74. The van der Waals surface area contributed by atoms with Crippen LogP contribution in [0, 0.1) is 5.82 Å². The topological polar surface area (TPSA) is 67.7 Å². The summed E-state index contributed by atoms with van der Waals surface area (Å²) in [6.07, 6.45) is 2.84. The van der Waals surface area contributed by atoms with Gasteiger partial charge in [0.15, 0.2) is 0 Å². The van der Waals surface area contributed by atoms with Gasteiger partial charge in [0.05, 0.1) is 12.1 Å². The van der Waals surface area contributed by atoms with Crippen LogP contribution < -0.4 is 4.90 Å². The number of carbonyl (C=O) groups excluding carboxylic acids is 2. The molecule has 8 heteroatoms. The molecule has 1 aromatic carbocycles. The molecule has 27 heavy (non-hydrogen) atoms. The number of amides is 2. The molecule has 3 heterocycles. The number of anilines is 1. The minimum atomic E-state index is -0.510. The van der Waals surface area contributed by atoms with Gasteiger partial charge in [-0.25, -0.2) is 4.39 Å². The number of carbonyl (C=O) groups is 2. The fraction of sp³-hybridized carbons (Fsp3) is 0.421. The average Bonchev–Trinajstić information content (AvgIpc) is 3.10. The number of nitrogens with zero attached hydrogens (tertiary/aromatic N) is 4. The summed E-state index contributed by atoms with van der Waals surface area (Å²) in [5.74, 6) is -0.615. The van der Waals surface area contributed by atoms with Crippen molar-refractivity contribution in [2.24, 2.45) is 7.05 Å². The van der Waals surface area contributed by atoms with Gasteiger partial charge in [0.2, 0.25) is 0 Å². The number of piperidine rings is 1. The van der Waals surface area contributed by atoms with Crippen LogP contribution in [0.15, 0.2) is 36.5 Å². The van der Waals surface area contributed by atoms with Crippen molar-refractivity contribution in [3.63, 3.8) is 0 Å². The molecule has 7 nitrogen and oxygen atoms in total. The number of likely N-dealkylation sites (tertiary alicyclic amines) is 1. The highest BCUT2D eigenvalue weighted by Gasteiger charge is 2.43. The van der Waals surface area contributed by atoms with E-state index in [1.807, 2.05) is 0 Å². The molecular weight excluding hydrogens is 351 g/mol. The van der Waals surface area contributed by atoms with E-state index in [4.69, 9.17) is 4.74 Å². The molecule has 1 aromatic heterocycles. The fourth-order valence-corrected chi connectivity index (χ4v) is 3.76. The van der Waals surface area contributed by atoms with Crippen molar-refractivity contribution in [2.45, 2.75) is 18.4 Å². The quantitative estimate of drug-likeness (QED) is 0.803. The van der Waals surface area contributed by atoms with Crippen LogP contribution >= 0.6 is 0 Å². The fourth-order valence-electron chi connectivity index (χ4n) is 3.76. The molecule has 2 saturated heterocycles. The van der Waals surface area contributed by atoms with Crippen molar-refractivity contribution in [2.75, 3.05) is 31.1 Å². The first kappa shape index (κ1) is 17.7. The summed E-state index contributed by atoms with van der Waals surface area (Å²) in [5, 5.41) is 4.04. The maximum Gasteiger partial charge on any atom is 0.272 e. The highest BCUT2D eigenvalue weighted by atomic mass is 19.1. The average molecular weight is 372 g/mol. The Morgan fingerprint density at radius 1 is 1.26 bits per heavy atom. The predicted molar refractivity (Wildman–Crippen MR) is 95.8 cm³/mol. The number of morpholine rings is 1. The van der Waals surface area contributed by atoms with Gasteiger partial charge in [-0.05, 0) is 37.1 Å². The number of hydrogen-bond donors (Lipinski definition) is 0. The highest BCUT2D eigenvalue weighted by molar-refractivity contribution is 5.95. The molecule has 1 spiro atoms. The number of hydrogen-bond acceptors (Lipinski definition) is 4. The smallest absolute Gasteiger partial charge is 0.272 e. The van der Waals surface area contributed by atoms with Crippen LogP contribution in [0.25, 0.3) is 0 Å². The third-order valence-corrected chi connectivity index (χ3v) is 5.37. The lowest BCUT2D eigenvalue weighted by atomic mass is 9.89. The van der Waals surface area contributed by atoms with Crippen LogP contribution in [0.3, 0.4) is 0 Å². The number of aromatic nitrogens is 2. The summed E-state index contributed by atoms with van der Waals surface area (Å²) in [7, 11) is 1.74. The summed E-state index contributed by atoms with van der Waals surface area (Å²) in [6, 6.07) is 7.73. The van der Waals surface area contributed by atoms with Gasteiger partial charge >= 0.3 is 0 Å². The third-order valence-electron chi connectivity index (χ3n) is 5.37. The molecule has 0 aliphatic carbocycles. The van der Waals surface area contributed by atoms with Gasteiger partial charge in [0.25, 0.3) is 11.8 Å². The zero-order valence-corrected chi connectivity index (χ0v) is 15.1. The second kappa shape index (κ2) is 6.77. The van der Waals surface area contributed by atoms with E-state index < -0.39 is 5.60 Å². The van der Waals surface area contributed by atoms with Crippen LogP contribution in [0.5, 0.6) is 0 Å². The molecule has 0 atom stereocenters. The molecule has 0 bridgehead atoms. The highest BCUT2D eigenvalue weighted by Crippen LogP contribution is 2.33. The first-order valence-corrected chi connectivity index (χ1v) is 8.95. The van der Waals surface area contributed by atoms with Crippen molar-refractivity contribution in [1.29, 1.82) is 0 Å². The molecule has 0 N–H and O–H groups in total. The number of halogens is 1. The molecule has 2 aliphatic rings. The molecule has 4 rings (SSSR count). The first-order chi connectivity index (χ1) is 13.0. The van der Waals surface area contributed by atoms with Crippen molar-refractivity contribution in [3.05, 3.63) is 48.0 Å². The van der Waals surface area contributed by atoms with E-state index in [0.717, 1.165) is 0 Å². The minimum absolute atomic E-state index is 0.0355. The monoisotopic (exact) mass is 372 g/mol. The number of benzene rings is 1. The SMILES string of the molecule is Cn1nccc1C(=O)N1CCC2(CC1)CN(c1cccc(F)c1)C(=O)CO2. The maximum atomic E-state index is 13.6. The molecule has 2 aromatic rings. The predicted octanol–water partition coefficient (Wildman–Crippen LogP) is 1.60. The summed E-state index contributed by atoms with van der Waals surface area (Å²) >= 11 is 0. The normalized spacial score (nSPS) is 19.6. The van der Waals surface area contributed by atoms with Gasteiger partial charge in [0.1, 0.15) is 18.1 Å². The molecule has 142 valence electrons. The van der Waals surface area contributed by atoms with Crippen LogP contribution in [-0.2, 0) is 16.6 Å². The zero-order chi connectivity index (χ0) is 19.0. The van der Waals surface area contributed by atoms with Crippen molar-refractivity contribution in [1.82, 2.24) is 14.7 Å². The molecule has 2 amide bonds. The Morgan fingerprint density at radius 2 is 2.04 bits per heavy atom. The molecule has 0 radical (unpaired) electrons. The van der Waals surface area contributed by atoms with Crippen molar-refractivity contribution in [3.8, 4) is 0 Å². The number of ether oxygens (including phenoxy) is 1. The van der Waals surface area contributed by atoms with Crippen molar-refractivity contribution >= 4 is 17.5 Å². The van der Waals surface area contributed by atoms with Gasteiger partial charge in [0, 0.05) is 32.0 Å². The minimum Gasteiger partial charge on any atom is -0.363 e. The lowest BCUT2D eigenvalue weighted by Crippen LogP contribution is -2.59. The number of rotatable bonds is 2. The standard InChI is InChI=1S/C19H21FN4O3/c1-22-16(5-8-21-22)18(26)23-9-6-19(7-10-23)13-24(17(25)12-27-19)15-4-2-3-14(20)11-15/h2-5,8,11H,6-7,9-10,12-13H2,1H3. The molecule has 0 saturated carbocycles. The van der Waals surface area contributed by atoms with E-state index in [9.17, 15) is 14.0 Å². The summed E-state index contributed by atoms with van der Waals surface area (Å²) in [4.78, 5) is 28.3. The van der Waals surface area contributed by atoms with Crippen LogP contribution in [0.1, 0.15) is 23.3 Å². The molecule has 2 aliphatic heterocycles. The van der Waals surface area contributed by atoms with E-state index in [-0.39, 0.29) is 24.2 Å². The van der Waals surface area contributed by atoms with Gasteiger partial charge in [-0.3, -0.25) is 14.3 Å². The largest absolute Gasteiger partial charge is 0.363 e. The molecular formula is C19H21FN4O3. The maximum absolute atomic E-state index is 13.6. The van der Waals surface area contributed by atoms with Gasteiger partial charge in [-0.2, -0.15) is 5.10 Å². The van der Waals surface area contributed by atoms with Gasteiger partial charge in [-0.15, -0.1) is 0 Å². The Morgan fingerprint density at radius 3 is 2.70 bits per heavy atom. The lowest BCUT2D eigenvalue weighted by molar-refractivity contribution is -0.143. The zero-order valence-electron chi connectivity index (χ0n) is 15.1. The summed E-state index contributed by atoms with van der Waals surface area (Å²) in [5.41, 5.74) is 0.576. The van der Waals surface area contributed by atoms with E-state index in [0.29, 0.717) is 43.9 Å². The second-order valence-corrected chi connectivity index (χ2v) is 7.06. The third kappa shape index (κ3) is 3.32. The first-order valence-electron chi connectivity index (χ1n) is 8.95. The van der Waals surface area contributed by atoms with Crippen molar-refractivity contribution < 1.29 is 18.7 Å². The Balaban J connectivity index is 1.47. The Kier molecular flexibility index (Phi) is 4.43. The Bertz CT molecular complexity index is 873. The lowest BCUT2D eigenvalue weighted by Gasteiger charge is -2.46. The van der Waals surface area contributed by atoms with Gasteiger partial charge < -0.3 is 14.5 Å². The molecule has 2 fully saturated rings.